The number of aliphatic hydroxyl groups is 2. The van der Waals surface area contributed by atoms with Crippen LogP contribution in [0.15, 0.2) is 37.0 Å². The van der Waals surface area contributed by atoms with Gasteiger partial charge in [0, 0.05) is 37.1 Å². The number of anilines is 1. The number of carbonyl (C=O) groups excluding carboxylic acids is 3. The number of amides is 2. The van der Waals surface area contributed by atoms with E-state index < -0.39 is 84.6 Å². The summed E-state index contributed by atoms with van der Waals surface area (Å²) in [7, 11) is -16.4. The number of hydrogen-bond acceptors (Lipinski definition) is 18. The van der Waals surface area contributed by atoms with Crippen LogP contribution in [-0.4, -0.2) is 123 Å². The maximum absolute atomic E-state index is 12.7. The van der Waals surface area contributed by atoms with Gasteiger partial charge in [-0.3, -0.25) is 32.5 Å². The normalized spacial score (nSPS) is 20.8. The molecule has 28 heteroatoms. The number of nitrogen functional groups attached to an aromatic ring is 1. The topological polar surface area (TPSA) is 364 Å². The first-order valence-corrected chi connectivity index (χ1v) is 25.4. The van der Waals surface area contributed by atoms with Gasteiger partial charge in [-0.2, -0.15) is 4.31 Å². The molecule has 63 heavy (non-hydrogen) atoms. The monoisotopic (exact) mass is 973 g/mol. The number of aliphatic hydroxyl groups excluding tert-OH is 2. The van der Waals surface area contributed by atoms with Crippen molar-refractivity contribution in [3.05, 3.63) is 37.0 Å². The van der Waals surface area contributed by atoms with Gasteiger partial charge in [0.2, 0.25) is 11.8 Å². The second kappa shape index (κ2) is 25.7. The first-order chi connectivity index (χ1) is 29.6. The van der Waals surface area contributed by atoms with E-state index >= 15 is 0 Å². The van der Waals surface area contributed by atoms with Crippen LogP contribution in [0.25, 0.3) is 11.2 Å². The molecule has 0 radical (unpaired) electrons. The molecular formula is C35H58N7O17P3S. The van der Waals surface area contributed by atoms with Crippen molar-refractivity contribution in [2.45, 2.75) is 109 Å². The second-order valence-corrected chi connectivity index (χ2v) is 20.2. The number of allylic oxidation sites excluding steroid dienone is 4. The van der Waals surface area contributed by atoms with Crippen molar-refractivity contribution in [2.24, 2.45) is 5.41 Å². The van der Waals surface area contributed by atoms with Crippen LogP contribution in [0.4, 0.5) is 5.82 Å². The number of nitrogens with two attached hydrogens (primary N) is 1. The summed E-state index contributed by atoms with van der Waals surface area (Å²) in [5.74, 6) is -1.06. The molecule has 0 aromatic carbocycles. The number of nitrogens with one attached hydrogen (secondary N) is 2. The molecule has 1 saturated heterocycles. The van der Waals surface area contributed by atoms with E-state index in [0.717, 1.165) is 61.1 Å². The van der Waals surface area contributed by atoms with E-state index in [2.05, 4.69) is 65.6 Å². The van der Waals surface area contributed by atoms with Crippen LogP contribution in [-0.2, 0) is 50.7 Å². The molecule has 0 bridgehead atoms. The van der Waals surface area contributed by atoms with Crippen molar-refractivity contribution in [1.29, 1.82) is 0 Å². The molecule has 1 aliphatic rings. The predicted molar refractivity (Wildman–Crippen MR) is 228 cm³/mol. The number of rotatable bonds is 29. The summed E-state index contributed by atoms with van der Waals surface area (Å²) >= 11 is 1.12. The summed E-state index contributed by atoms with van der Waals surface area (Å²) < 4.78 is 62.3. The van der Waals surface area contributed by atoms with E-state index in [1.807, 2.05) is 0 Å². The number of phosphoric acid groups is 3. The lowest BCUT2D eigenvalue weighted by atomic mass is 9.87. The Balaban J connectivity index is 1.37. The van der Waals surface area contributed by atoms with Gasteiger partial charge < -0.3 is 50.9 Å². The van der Waals surface area contributed by atoms with Gasteiger partial charge in [0.15, 0.2) is 22.8 Å². The van der Waals surface area contributed by atoms with Gasteiger partial charge in [-0.25, -0.2) is 28.6 Å². The summed E-state index contributed by atoms with van der Waals surface area (Å²) in [6, 6.07) is 0. The van der Waals surface area contributed by atoms with Crippen molar-refractivity contribution in [2.75, 3.05) is 37.8 Å². The summed E-state index contributed by atoms with van der Waals surface area (Å²) in [6.45, 7) is 2.70. The minimum absolute atomic E-state index is 0.0314. The lowest BCUT2D eigenvalue weighted by Gasteiger charge is -2.30. The van der Waals surface area contributed by atoms with Gasteiger partial charge in [-0.1, -0.05) is 69.7 Å². The first kappa shape index (κ1) is 54.4. The number of carbonyl (C=O) groups is 3. The van der Waals surface area contributed by atoms with Crippen molar-refractivity contribution in [1.82, 2.24) is 30.2 Å². The van der Waals surface area contributed by atoms with Gasteiger partial charge in [-0.15, -0.1) is 0 Å². The van der Waals surface area contributed by atoms with Gasteiger partial charge in [-0.05, 0) is 32.1 Å². The van der Waals surface area contributed by atoms with Crippen LogP contribution in [0.1, 0.15) is 84.8 Å². The van der Waals surface area contributed by atoms with Crippen molar-refractivity contribution >= 4 is 69.1 Å². The Morgan fingerprint density at radius 2 is 1.65 bits per heavy atom. The number of nitrogens with zero attached hydrogens (tertiary/aromatic N) is 4. The SMILES string of the molecule is CCCC/C=C/C/C=C/CCCCC(=O)SCCNC(=O)CCNC(=O)C(O)C(C)(C)COP(=O)(O)OP(=O)(O)OCC1OC(n2cnc3c(N)ncnc32)C(O)C1OP(=O)(O)O. The van der Waals surface area contributed by atoms with Crippen LogP contribution in [0, 0.1) is 5.41 Å². The Morgan fingerprint density at radius 1 is 0.968 bits per heavy atom. The molecule has 1 aliphatic heterocycles. The molecule has 0 saturated carbocycles. The molecule has 1 fully saturated rings. The average Bonchev–Trinajstić information content (AvgIpc) is 3.76. The third kappa shape index (κ3) is 19.2. The number of fused-ring (bicyclic) bond motifs is 1. The average molecular weight is 974 g/mol. The fourth-order valence-corrected chi connectivity index (χ4v) is 9.28. The van der Waals surface area contributed by atoms with Crippen molar-refractivity contribution < 1.29 is 80.5 Å². The molecule has 2 amide bonds. The third-order valence-corrected chi connectivity index (χ3v) is 13.1. The highest BCUT2D eigenvalue weighted by Crippen LogP contribution is 2.61. The Hall–Kier alpha value is -2.96. The van der Waals surface area contributed by atoms with Crippen molar-refractivity contribution in [3.8, 4) is 0 Å². The predicted octanol–water partition coefficient (Wildman–Crippen LogP) is 2.92. The van der Waals surface area contributed by atoms with Gasteiger partial charge in [0.1, 0.15) is 36.3 Å². The zero-order valence-electron chi connectivity index (χ0n) is 35.0. The Labute approximate surface area is 368 Å². The summed E-state index contributed by atoms with van der Waals surface area (Å²) in [5.41, 5.74) is 4.27. The van der Waals surface area contributed by atoms with E-state index in [-0.39, 0.29) is 41.6 Å². The molecule has 356 valence electrons. The quantitative estimate of drug-likeness (QED) is 0.0321. The smallest absolute Gasteiger partial charge is 0.386 e. The van der Waals surface area contributed by atoms with Crippen LogP contribution in [0.2, 0.25) is 0 Å². The second-order valence-electron chi connectivity index (χ2n) is 14.9. The largest absolute Gasteiger partial charge is 0.481 e. The molecule has 10 N–H and O–H groups in total. The molecule has 0 spiro atoms. The molecular weight excluding hydrogens is 915 g/mol. The first-order valence-electron chi connectivity index (χ1n) is 19.9. The fraction of sp³-hybridized carbons (Fsp3) is 0.657. The van der Waals surface area contributed by atoms with Gasteiger partial charge >= 0.3 is 23.5 Å². The Bertz CT molecular complexity index is 2020. The van der Waals surface area contributed by atoms with Gasteiger partial charge in [0.25, 0.3) is 0 Å². The number of hydrogen-bond donors (Lipinski definition) is 9. The number of aromatic nitrogens is 4. The highest BCUT2D eigenvalue weighted by atomic mass is 32.2. The minimum Gasteiger partial charge on any atom is -0.386 e. The highest BCUT2D eigenvalue weighted by molar-refractivity contribution is 8.13. The van der Waals surface area contributed by atoms with E-state index in [4.69, 9.17) is 19.5 Å². The Kier molecular flexibility index (Phi) is 22.1. The Morgan fingerprint density at radius 3 is 2.33 bits per heavy atom. The zero-order valence-corrected chi connectivity index (χ0v) is 38.5. The number of phosphoric ester groups is 3. The van der Waals surface area contributed by atoms with Crippen LogP contribution < -0.4 is 16.4 Å². The molecule has 7 unspecified atom stereocenters. The molecule has 3 rings (SSSR count). The lowest BCUT2D eigenvalue weighted by molar-refractivity contribution is -0.137. The fourth-order valence-electron chi connectivity index (χ4n) is 5.73. The van der Waals surface area contributed by atoms with E-state index in [1.165, 1.54) is 26.7 Å². The van der Waals surface area contributed by atoms with Crippen LogP contribution in [0.5, 0.6) is 0 Å². The third-order valence-electron chi connectivity index (χ3n) is 9.10. The van der Waals surface area contributed by atoms with E-state index in [1.54, 1.807) is 0 Å². The minimum atomic E-state index is -5.57. The molecule has 24 nitrogen and oxygen atoms in total. The van der Waals surface area contributed by atoms with Crippen LogP contribution >= 0.6 is 35.2 Å². The molecule has 2 aromatic rings. The zero-order chi connectivity index (χ0) is 46.8. The maximum Gasteiger partial charge on any atom is 0.481 e. The van der Waals surface area contributed by atoms with E-state index in [9.17, 15) is 57.9 Å². The summed E-state index contributed by atoms with van der Waals surface area (Å²) in [6.07, 6.45) is 9.09. The number of imidazole rings is 1. The highest BCUT2D eigenvalue weighted by Gasteiger charge is 2.50. The summed E-state index contributed by atoms with van der Waals surface area (Å²) in [4.78, 5) is 88.1. The number of thioether (sulfide) groups is 1. The van der Waals surface area contributed by atoms with Crippen LogP contribution in [0.3, 0.4) is 0 Å². The van der Waals surface area contributed by atoms with E-state index in [0.29, 0.717) is 12.2 Å². The molecule has 2 aromatic heterocycles. The number of ether oxygens (including phenoxy) is 1. The molecule has 7 atom stereocenters. The summed E-state index contributed by atoms with van der Waals surface area (Å²) in [5, 5.41) is 26.6. The van der Waals surface area contributed by atoms with Gasteiger partial charge in [0.05, 0.1) is 19.5 Å². The standard InChI is InChI=1S/C35H58N7O17P3S/c1-4-5-6-7-8-9-10-11-12-13-14-15-26(44)63-19-18-37-25(43)16-17-38-33(47)30(46)35(2,3)21-56-62(53,54)59-61(51,52)55-20-24-29(58-60(48,49)50)28(45)34(57-24)42-23-41-27-31(36)39-22-40-32(27)42/h7-8,10-11,22-24,28-30,34,45-46H,4-6,9,12-21H2,1-3H3,(H,37,43)(H,38,47)(H,51,52)(H,53,54)(H2,36,39,40)(H2,48,49,50)/b8-7+,11-10+. The lowest BCUT2D eigenvalue weighted by Crippen LogP contribution is -2.46. The maximum atomic E-state index is 12.7. The molecule has 3 heterocycles. The number of unbranched alkanes of at least 4 members (excludes halogenated alkanes) is 4. The molecule has 0 aliphatic carbocycles. The van der Waals surface area contributed by atoms with Crippen molar-refractivity contribution in [3.63, 3.8) is 0 Å².